The van der Waals surface area contributed by atoms with Gasteiger partial charge in [0.2, 0.25) is 5.88 Å². The van der Waals surface area contributed by atoms with Gasteiger partial charge in [-0.3, -0.25) is 4.90 Å². The van der Waals surface area contributed by atoms with Crippen LogP contribution in [0.2, 0.25) is 0 Å². The van der Waals surface area contributed by atoms with Crippen molar-refractivity contribution < 1.29 is 14.3 Å². The van der Waals surface area contributed by atoms with Crippen LogP contribution < -0.4 is 9.64 Å². The molecular formula is C32H38ClN3O3. The Kier molecular flexibility index (Phi) is 10.3. The van der Waals surface area contributed by atoms with Gasteiger partial charge in [-0.15, -0.1) is 0 Å². The Morgan fingerprint density at radius 1 is 0.821 bits per heavy atom. The number of aromatic nitrogens is 2. The Morgan fingerprint density at radius 3 is 1.79 bits per heavy atom. The summed E-state index contributed by atoms with van der Waals surface area (Å²) < 4.78 is 10.8. The van der Waals surface area contributed by atoms with Crippen LogP contribution in [0.3, 0.4) is 0 Å². The van der Waals surface area contributed by atoms with Crippen LogP contribution in [0.5, 0.6) is 5.88 Å². The summed E-state index contributed by atoms with van der Waals surface area (Å²) in [4.78, 5) is 23.2. The average Bonchev–Trinajstić information content (AvgIpc) is 2.89. The number of carbonyl (C=O) groups is 1. The van der Waals surface area contributed by atoms with Crippen LogP contribution in [0, 0.1) is 27.7 Å². The largest absolute Gasteiger partial charge is 0.473 e. The van der Waals surface area contributed by atoms with Gasteiger partial charge in [0.25, 0.3) is 0 Å². The molecule has 2 heterocycles. The van der Waals surface area contributed by atoms with Crippen molar-refractivity contribution in [1.82, 2.24) is 9.97 Å². The number of benzene rings is 1. The summed E-state index contributed by atoms with van der Waals surface area (Å²) in [6, 6.07) is 7.62. The Hall–Kier alpha value is -3.64. The van der Waals surface area contributed by atoms with Crippen molar-refractivity contribution in [2.75, 3.05) is 24.1 Å². The van der Waals surface area contributed by atoms with Gasteiger partial charge in [-0.2, -0.15) is 0 Å². The molecule has 1 amide bonds. The highest BCUT2D eigenvalue weighted by molar-refractivity contribution is 6.17. The lowest BCUT2D eigenvalue weighted by Crippen LogP contribution is -2.32. The maximum absolute atomic E-state index is 12.5. The summed E-state index contributed by atoms with van der Waals surface area (Å²) in [6.45, 7) is 17.5. The number of hydrogen-bond acceptors (Lipinski definition) is 5. The molecule has 2 aromatic heterocycles. The first-order valence-corrected chi connectivity index (χ1v) is 13.5. The average molecular weight is 548 g/mol. The van der Waals surface area contributed by atoms with E-state index in [2.05, 4.69) is 43.7 Å². The normalized spacial score (nSPS) is 10.6. The number of halogens is 1. The zero-order valence-corrected chi connectivity index (χ0v) is 24.9. The number of pyridine rings is 2. The number of hydrogen-bond donors (Lipinski definition) is 0. The van der Waals surface area contributed by atoms with E-state index in [1.807, 2.05) is 70.4 Å². The third-order valence-corrected chi connectivity index (χ3v) is 6.88. The van der Waals surface area contributed by atoms with Crippen molar-refractivity contribution in [1.29, 1.82) is 0 Å². The molecule has 7 heteroatoms. The Balaban J connectivity index is 1.96. The quantitative estimate of drug-likeness (QED) is 0.198. The van der Waals surface area contributed by atoms with E-state index in [0.29, 0.717) is 24.8 Å². The molecule has 0 aliphatic heterocycles. The molecule has 0 atom stereocenters. The molecule has 39 heavy (non-hydrogen) atoms. The monoisotopic (exact) mass is 547 g/mol. The van der Waals surface area contributed by atoms with Gasteiger partial charge in [-0.1, -0.05) is 28.8 Å². The molecule has 0 N–H and O–H groups in total. The van der Waals surface area contributed by atoms with E-state index >= 15 is 0 Å². The second-order valence-corrected chi connectivity index (χ2v) is 10.3. The van der Waals surface area contributed by atoms with Crippen molar-refractivity contribution in [3.8, 4) is 28.1 Å². The van der Waals surface area contributed by atoms with Crippen LogP contribution in [0.1, 0.15) is 49.9 Å². The van der Waals surface area contributed by atoms with E-state index in [-0.39, 0.29) is 6.07 Å². The van der Waals surface area contributed by atoms with Crippen molar-refractivity contribution in [2.45, 2.75) is 55.4 Å². The van der Waals surface area contributed by atoms with E-state index in [0.717, 1.165) is 22.3 Å². The maximum atomic E-state index is 12.5. The molecule has 0 aliphatic carbocycles. The van der Waals surface area contributed by atoms with E-state index < -0.39 is 6.09 Å². The zero-order chi connectivity index (χ0) is 28.7. The van der Waals surface area contributed by atoms with Crippen molar-refractivity contribution in [2.24, 2.45) is 0 Å². The molecule has 3 rings (SSSR count). The first kappa shape index (κ1) is 29.9. The second-order valence-electron chi connectivity index (χ2n) is 10.0. The summed E-state index contributed by atoms with van der Waals surface area (Å²) in [5.41, 5.74) is 11.4. The predicted octanol–water partition coefficient (Wildman–Crippen LogP) is 8.49. The van der Waals surface area contributed by atoms with Gasteiger partial charge in [-0.05, 0) is 113 Å². The van der Waals surface area contributed by atoms with Gasteiger partial charge in [0.15, 0.2) is 6.07 Å². The standard InChI is InChI=1S/C32H38ClN3O3/c1-20(2)13-15-36(32(37)39-19-33)28-11-9-26(17-34-28)30-22(5)24(7)31(25(8)23(30)6)27-10-12-29(35-18-27)38-16-14-21(3)4/h9-14,17-18H,15-16,19H2,1-8H3. The van der Waals surface area contributed by atoms with E-state index in [4.69, 9.17) is 21.1 Å². The lowest BCUT2D eigenvalue weighted by Gasteiger charge is -2.22. The summed E-state index contributed by atoms with van der Waals surface area (Å²) >= 11 is 5.64. The van der Waals surface area contributed by atoms with Gasteiger partial charge >= 0.3 is 6.09 Å². The van der Waals surface area contributed by atoms with Gasteiger partial charge < -0.3 is 9.47 Å². The highest BCUT2D eigenvalue weighted by Gasteiger charge is 2.20. The van der Waals surface area contributed by atoms with Gasteiger partial charge in [-0.25, -0.2) is 14.8 Å². The highest BCUT2D eigenvalue weighted by Crippen LogP contribution is 2.39. The third kappa shape index (κ3) is 7.27. The molecule has 0 saturated heterocycles. The molecule has 0 saturated carbocycles. The van der Waals surface area contributed by atoms with Gasteiger partial charge in [0.1, 0.15) is 12.4 Å². The summed E-state index contributed by atoms with van der Waals surface area (Å²) in [7, 11) is 0. The molecule has 0 radical (unpaired) electrons. The first-order valence-electron chi connectivity index (χ1n) is 13.0. The smallest absolute Gasteiger partial charge is 0.416 e. The number of anilines is 1. The molecule has 206 valence electrons. The summed E-state index contributed by atoms with van der Waals surface area (Å²) in [6.07, 6.45) is 7.13. The molecule has 0 bridgehead atoms. The van der Waals surface area contributed by atoms with Crippen LogP contribution in [0.4, 0.5) is 10.6 Å². The van der Waals surface area contributed by atoms with Gasteiger partial charge in [0.05, 0.1) is 0 Å². The van der Waals surface area contributed by atoms with E-state index in [1.165, 1.54) is 38.3 Å². The number of ether oxygens (including phenoxy) is 2. The minimum Gasteiger partial charge on any atom is -0.473 e. The maximum Gasteiger partial charge on any atom is 0.416 e. The zero-order valence-electron chi connectivity index (χ0n) is 24.2. The second kappa shape index (κ2) is 13.4. The predicted molar refractivity (Wildman–Crippen MR) is 161 cm³/mol. The molecule has 1 aromatic carbocycles. The minimum absolute atomic E-state index is 0.216. The number of carbonyl (C=O) groups excluding carboxylic acids is 1. The Labute approximate surface area is 237 Å². The molecule has 6 nitrogen and oxygen atoms in total. The molecule has 0 spiro atoms. The minimum atomic E-state index is -0.534. The SMILES string of the molecule is CC(C)=CCOc1ccc(-c2c(C)c(C)c(-c3ccc(N(CC=C(C)C)C(=O)OCCl)nc3)c(C)c2C)cn1. The lowest BCUT2D eigenvalue weighted by molar-refractivity contribution is 0.172. The molecule has 3 aromatic rings. The summed E-state index contributed by atoms with van der Waals surface area (Å²) in [5.74, 6) is 1.11. The fourth-order valence-electron chi connectivity index (χ4n) is 4.44. The Morgan fingerprint density at radius 2 is 1.36 bits per heavy atom. The Bertz CT molecular complexity index is 1340. The number of rotatable bonds is 9. The fraction of sp³-hybridized carbons (Fsp3) is 0.344. The number of amides is 1. The number of nitrogens with zero attached hydrogens (tertiary/aromatic N) is 3. The number of alkyl halides is 1. The molecule has 0 unspecified atom stereocenters. The molecule has 0 fully saturated rings. The van der Waals surface area contributed by atoms with Crippen molar-refractivity contribution in [3.05, 3.63) is 82.2 Å². The fourth-order valence-corrected chi connectivity index (χ4v) is 4.53. The van der Waals surface area contributed by atoms with Crippen molar-refractivity contribution in [3.63, 3.8) is 0 Å². The van der Waals surface area contributed by atoms with Crippen molar-refractivity contribution >= 4 is 23.5 Å². The van der Waals surface area contributed by atoms with E-state index in [1.54, 1.807) is 0 Å². The summed E-state index contributed by atoms with van der Waals surface area (Å²) in [5, 5.41) is 0. The number of allylic oxidation sites excluding steroid dienone is 2. The first-order chi connectivity index (χ1) is 18.5. The van der Waals surface area contributed by atoms with Gasteiger partial charge in [0, 0.05) is 36.1 Å². The van der Waals surface area contributed by atoms with Crippen LogP contribution in [0.15, 0.2) is 60.0 Å². The molecule has 0 aliphatic rings. The third-order valence-electron chi connectivity index (χ3n) is 6.77. The highest BCUT2D eigenvalue weighted by atomic mass is 35.5. The van der Waals surface area contributed by atoms with Crippen LogP contribution in [-0.4, -0.2) is 35.3 Å². The van der Waals surface area contributed by atoms with Crippen LogP contribution in [-0.2, 0) is 4.74 Å². The van der Waals surface area contributed by atoms with E-state index in [9.17, 15) is 4.79 Å². The van der Waals surface area contributed by atoms with Crippen LogP contribution in [0.25, 0.3) is 22.3 Å². The van der Waals surface area contributed by atoms with Crippen LogP contribution >= 0.6 is 11.6 Å². The topological polar surface area (TPSA) is 64.5 Å². The lowest BCUT2D eigenvalue weighted by atomic mass is 9.84. The molecular weight excluding hydrogens is 510 g/mol.